The summed E-state index contributed by atoms with van der Waals surface area (Å²) in [6.07, 6.45) is 4.91. The molecule has 1 N–H and O–H groups in total. The van der Waals surface area contributed by atoms with Gasteiger partial charge in [-0.2, -0.15) is 0 Å². The molecule has 1 atom stereocenters. The number of amides is 2. The van der Waals surface area contributed by atoms with E-state index in [1.165, 1.54) is 24.6 Å². The van der Waals surface area contributed by atoms with E-state index in [2.05, 4.69) is 31.9 Å². The lowest BCUT2D eigenvalue weighted by molar-refractivity contribution is -0.117. The zero-order valence-corrected chi connectivity index (χ0v) is 19.5. The van der Waals surface area contributed by atoms with Crippen molar-refractivity contribution in [3.05, 3.63) is 24.3 Å². The Morgan fingerprint density at radius 1 is 1.12 bits per heavy atom. The van der Waals surface area contributed by atoms with Gasteiger partial charge in [-0.1, -0.05) is 30.8 Å². The number of hydrogen-bond acceptors (Lipinski definition) is 6. The number of thioether (sulfide) groups is 1. The van der Waals surface area contributed by atoms with Crippen LogP contribution in [0.1, 0.15) is 52.0 Å². The van der Waals surface area contributed by atoms with Crippen LogP contribution in [0.4, 0.5) is 17.3 Å². The third kappa shape index (κ3) is 4.22. The van der Waals surface area contributed by atoms with Gasteiger partial charge < -0.3 is 15.1 Å². The fourth-order valence-electron chi connectivity index (χ4n) is 4.61. The largest absolute Gasteiger partial charge is 0.341 e. The van der Waals surface area contributed by atoms with Crippen molar-refractivity contribution in [1.82, 2.24) is 14.8 Å². The van der Waals surface area contributed by atoms with Gasteiger partial charge in [-0.25, -0.2) is 0 Å². The minimum absolute atomic E-state index is 0.0230. The van der Waals surface area contributed by atoms with Gasteiger partial charge in [-0.15, -0.1) is 10.2 Å². The molecule has 2 fully saturated rings. The van der Waals surface area contributed by atoms with Crippen LogP contribution in [-0.4, -0.2) is 51.5 Å². The maximum atomic E-state index is 13.3. The molecule has 170 valence electrons. The molecule has 3 heterocycles. The number of fused-ring (bicyclic) bond motifs is 1. The number of nitrogens with zero attached hydrogens (tertiary/aromatic N) is 5. The highest BCUT2D eigenvalue weighted by Gasteiger charge is 2.34. The number of nitrogens with one attached hydrogen (secondary N) is 1. The molecule has 0 bridgehead atoms. The number of para-hydroxylation sites is 2. The first-order chi connectivity index (χ1) is 15.5. The molecule has 2 aromatic rings. The van der Waals surface area contributed by atoms with Crippen molar-refractivity contribution in [2.45, 2.75) is 63.2 Å². The molecule has 8 nitrogen and oxygen atoms in total. The van der Waals surface area contributed by atoms with Crippen LogP contribution < -0.4 is 15.1 Å². The molecule has 0 spiro atoms. The highest BCUT2D eigenvalue weighted by Crippen LogP contribution is 2.41. The Hall–Kier alpha value is -2.55. The summed E-state index contributed by atoms with van der Waals surface area (Å²) in [7, 11) is 0. The van der Waals surface area contributed by atoms with Gasteiger partial charge in [0.2, 0.25) is 17.8 Å². The molecular formula is C23H30N6O2S. The first kappa shape index (κ1) is 21.3. The Bertz CT molecular complexity index is 1010. The number of aromatic nitrogens is 3. The van der Waals surface area contributed by atoms with Crippen molar-refractivity contribution in [3.8, 4) is 0 Å². The molecule has 1 aromatic carbocycles. The topological polar surface area (TPSA) is 83.4 Å². The molecule has 1 saturated heterocycles. The number of anilines is 3. The van der Waals surface area contributed by atoms with Crippen LogP contribution in [-0.2, 0) is 9.59 Å². The van der Waals surface area contributed by atoms with Gasteiger partial charge in [0.15, 0.2) is 5.16 Å². The van der Waals surface area contributed by atoms with Gasteiger partial charge in [0.25, 0.3) is 0 Å². The molecule has 32 heavy (non-hydrogen) atoms. The Morgan fingerprint density at radius 3 is 2.62 bits per heavy atom. The second kappa shape index (κ2) is 8.77. The van der Waals surface area contributed by atoms with Gasteiger partial charge in [-0.3, -0.25) is 14.2 Å². The second-order valence-corrected chi connectivity index (χ2v) is 10.2. The second-order valence-electron chi connectivity index (χ2n) is 9.22. The Balaban J connectivity index is 1.34. The third-order valence-corrected chi connectivity index (χ3v) is 7.51. The molecule has 0 radical (unpaired) electrons. The molecule has 5 rings (SSSR count). The van der Waals surface area contributed by atoms with Crippen LogP contribution in [0.15, 0.2) is 29.4 Å². The summed E-state index contributed by atoms with van der Waals surface area (Å²) >= 11 is 1.45. The molecule has 1 aliphatic carbocycles. The highest BCUT2D eigenvalue weighted by molar-refractivity contribution is 7.99. The zero-order valence-electron chi connectivity index (χ0n) is 18.7. The van der Waals surface area contributed by atoms with Crippen molar-refractivity contribution in [1.29, 1.82) is 0 Å². The van der Waals surface area contributed by atoms with E-state index in [-0.39, 0.29) is 30.0 Å². The van der Waals surface area contributed by atoms with E-state index < -0.39 is 0 Å². The Morgan fingerprint density at radius 2 is 1.88 bits per heavy atom. The van der Waals surface area contributed by atoms with Crippen molar-refractivity contribution in [2.75, 3.05) is 34.0 Å². The van der Waals surface area contributed by atoms with Crippen molar-refractivity contribution in [3.63, 3.8) is 0 Å². The summed E-state index contributed by atoms with van der Waals surface area (Å²) in [5.74, 6) is 1.88. The number of carbonyl (C=O) groups excluding carboxylic acids is 2. The summed E-state index contributed by atoms with van der Waals surface area (Å²) in [5, 5.41) is 12.7. The van der Waals surface area contributed by atoms with E-state index in [1.807, 2.05) is 31.2 Å². The fourth-order valence-corrected chi connectivity index (χ4v) is 5.47. The van der Waals surface area contributed by atoms with Gasteiger partial charge in [0, 0.05) is 31.6 Å². The highest BCUT2D eigenvalue weighted by atomic mass is 32.2. The fraction of sp³-hybridized carbons (Fsp3) is 0.565. The number of piperidine rings is 1. The van der Waals surface area contributed by atoms with Crippen molar-refractivity contribution >= 4 is 40.9 Å². The average Bonchev–Trinajstić information content (AvgIpc) is 3.54. The summed E-state index contributed by atoms with van der Waals surface area (Å²) < 4.78 is 2.25. The Labute approximate surface area is 192 Å². The van der Waals surface area contributed by atoms with Crippen LogP contribution in [0, 0.1) is 5.92 Å². The predicted molar refractivity (Wildman–Crippen MR) is 126 cm³/mol. The number of rotatable bonds is 5. The minimum Gasteiger partial charge on any atom is -0.341 e. The molecule has 0 unspecified atom stereocenters. The Kier molecular flexibility index (Phi) is 5.84. The molecule has 3 aliphatic rings. The van der Waals surface area contributed by atoms with Crippen LogP contribution in [0.2, 0.25) is 0 Å². The molecule has 1 saturated carbocycles. The monoisotopic (exact) mass is 454 g/mol. The molecular weight excluding hydrogens is 424 g/mol. The van der Waals surface area contributed by atoms with Gasteiger partial charge in [0.05, 0.1) is 17.1 Å². The summed E-state index contributed by atoms with van der Waals surface area (Å²) in [5.41, 5.74) is 1.44. The summed E-state index contributed by atoms with van der Waals surface area (Å²) in [4.78, 5) is 29.7. The number of hydrogen-bond donors (Lipinski definition) is 1. The van der Waals surface area contributed by atoms with E-state index >= 15 is 0 Å². The van der Waals surface area contributed by atoms with Crippen molar-refractivity contribution in [2.24, 2.45) is 5.92 Å². The first-order valence-electron chi connectivity index (χ1n) is 11.5. The minimum atomic E-state index is -0.209. The standard InChI is InChI=1S/C23H30N6O2S/c1-15-9-11-27(12-10-15)22-25-26-23(29(22)17-7-8-17)32-14-21(31)28-16(2)13-20(30)24-18-5-3-4-6-19(18)28/h3-6,15-17H,7-14H2,1-2H3,(H,24,30)/t16-/m1/s1. The first-order valence-corrected chi connectivity index (χ1v) is 12.5. The van der Waals surface area contributed by atoms with Crippen LogP contribution in [0.5, 0.6) is 0 Å². The predicted octanol–water partition coefficient (Wildman–Crippen LogP) is 3.71. The maximum Gasteiger partial charge on any atom is 0.237 e. The smallest absolute Gasteiger partial charge is 0.237 e. The van der Waals surface area contributed by atoms with E-state index in [0.29, 0.717) is 11.7 Å². The number of benzene rings is 1. The SMILES string of the molecule is CC1CCN(c2nnc(SCC(=O)N3c4ccccc4NC(=O)C[C@H]3C)n2C2CC2)CC1. The normalized spacial score (nSPS) is 21.8. The number of carbonyl (C=O) groups is 2. The molecule has 2 aliphatic heterocycles. The third-order valence-electron chi connectivity index (χ3n) is 6.58. The van der Waals surface area contributed by atoms with E-state index in [4.69, 9.17) is 0 Å². The van der Waals surface area contributed by atoms with Crippen LogP contribution in [0.25, 0.3) is 0 Å². The lowest BCUT2D eigenvalue weighted by Crippen LogP contribution is -2.40. The van der Waals surface area contributed by atoms with E-state index in [0.717, 1.165) is 48.6 Å². The summed E-state index contributed by atoms with van der Waals surface area (Å²) in [6.45, 7) is 6.25. The lowest BCUT2D eigenvalue weighted by Gasteiger charge is -2.31. The lowest BCUT2D eigenvalue weighted by atomic mass is 10.00. The zero-order chi connectivity index (χ0) is 22.2. The van der Waals surface area contributed by atoms with Crippen LogP contribution >= 0.6 is 11.8 Å². The van der Waals surface area contributed by atoms with Gasteiger partial charge in [-0.05, 0) is 50.7 Å². The maximum absolute atomic E-state index is 13.3. The van der Waals surface area contributed by atoms with E-state index in [1.54, 1.807) is 4.90 Å². The summed E-state index contributed by atoms with van der Waals surface area (Å²) in [6, 6.07) is 7.73. The molecule has 2 amide bonds. The molecule has 9 heteroatoms. The van der Waals surface area contributed by atoms with Crippen molar-refractivity contribution < 1.29 is 9.59 Å². The van der Waals surface area contributed by atoms with Crippen LogP contribution in [0.3, 0.4) is 0 Å². The van der Waals surface area contributed by atoms with Gasteiger partial charge >= 0.3 is 0 Å². The molecule has 1 aromatic heterocycles. The quantitative estimate of drug-likeness (QED) is 0.694. The van der Waals surface area contributed by atoms with Gasteiger partial charge in [0.1, 0.15) is 0 Å². The average molecular weight is 455 g/mol. The van der Waals surface area contributed by atoms with E-state index in [9.17, 15) is 9.59 Å².